The molecule has 0 aromatic carbocycles. The van der Waals surface area contributed by atoms with Gasteiger partial charge in [0.15, 0.2) is 5.78 Å². The number of carbonyl (C=O) groups is 1. The van der Waals surface area contributed by atoms with Gasteiger partial charge in [0.25, 0.3) is 0 Å². The molecule has 1 unspecified atom stereocenters. The van der Waals surface area contributed by atoms with Crippen molar-refractivity contribution >= 4 is 5.78 Å². The minimum absolute atomic E-state index is 0.0923. The maximum atomic E-state index is 12.4. The van der Waals surface area contributed by atoms with E-state index >= 15 is 0 Å². The standard InChI is InChI=1S/C16H24N2O3/c1-5-18-6-7-21-15(10-18)14(19)8-13-12(3)16(20-4)11(2)9-17-13/h9,15H,5-8,10H2,1-4H3. The van der Waals surface area contributed by atoms with E-state index in [4.69, 9.17) is 9.47 Å². The molecule has 0 spiro atoms. The first-order valence-electron chi connectivity index (χ1n) is 7.42. The Morgan fingerprint density at radius 2 is 2.29 bits per heavy atom. The Morgan fingerprint density at radius 3 is 2.95 bits per heavy atom. The smallest absolute Gasteiger partial charge is 0.168 e. The Kier molecular flexibility index (Phi) is 5.31. The number of carbonyl (C=O) groups excluding carboxylic acids is 1. The molecule has 1 fully saturated rings. The first kappa shape index (κ1) is 15.9. The lowest BCUT2D eigenvalue weighted by Crippen LogP contribution is -2.46. The molecular formula is C16H24N2O3. The number of hydrogen-bond acceptors (Lipinski definition) is 5. The van der Waals surface area contributed by atoms with Crippen molar-refractivity contribution in [1.29, 1.82) is 0 Å². The third kappa shape index (κ3) is 3.60. The maximum Gasteiger partial charge on any atom is 0.168 e. The molecule has 0 amide bonds. The van der Waals surface area contributed by atoms with E-state index in [-0.39, 0.29) is 11.9 Å². The lowest BCUT2D eigenvalue weighted by molar-refractivity contribution is -0.135. The molecule has 0 N–H and O–H groups in total. The van der Waals surface area contributed by atoms with Crippen LogP contribution in [0.15, 0.2) is 6.20 Å². The summed E-state index contributed by atoms with van der Waals surface area (Å²) in [7, 11) is 1.64. The van der Waals surface area contributed by atoms with Crippen LogP contribution in [-0.4, -0.2) is 55.1 Å². The van der Waals surface area contributed by atoms with Crippen molar-refractivity contribution in [2.45, 2.75) is 33.3 Å². The number of nitrogens with zero attached hydrogens (tertiary/aromatic N) is 2. The number of ether oxygens (including phenoxy) is 2. The molecule has 116 valence electrons. The molecule has 2 rings (SSSR count). The lowest BCUT2D eigenvalue weighted by Gasteiger charge is -2.31. The van der Waals surface area contributed by atoms with E-state index in [0.717, 1.165) is 35.7 Å². The van der Waals surface area contributed by atoms with Crippen LogP contribution in [0, 0.1) is 13.8 Å². The number of hydrogen-bond donors (Lipinski definition) is 0. The highest BCUT2D eigenvalue weighted by atomic mass is 16.5. The highest BCUT2D eigenvalue weighted by Crippen LogP contribution is 2.24. The zero-order chi connectivity index (χ0) is 15.4. The molecule has 21 heavy (non-hydrogen) atoms. The summed E-state index contributed by atoms with van der Waals surface area (Å²) in [6, 6.07) is 0. The van der Waals surface area contributed by atoms with E-state index in [2.05, 4.69) is 16.8 Å². The van der Waals surface area contributed by atoms with Gasteiger partial charge in [0.2, 0.25) is 0 Å². The van der Waals surface area contributed by atoms with Crippen molar-refractivity contribution in [3.05, 3.63) is 23.0 Å². The fourth-order valence-corrected chi connectivity index (χ4v) is 2.71. The number of aryl methyl sites for hydroxylation is 1. The molecule has 1 aliphatic heterocycles. The number of methoxy groups -OCH3 is 1. The summed E-state index contributed by atoms with van der Waals surface area (Å²) >= 11 is 0. The Balaban J connectivity index is 2.09. The van der Waals surface area contributed by atoms with E-state index in [1.54, 1.807) is 13.3 Å². The van der Waals surface area contributed by atoms with E-state index in [9.17, 15) is 4.79 Å². The maximum absolute atomic E-state index is 12.4. The van der Waals surface area contributed by atoms with Gasteiger partial charge in [-0.25, -0.2) is 0 Å². The SMILES string of the molecule is CCN1CCOC(C(=O)Cc2ncc(C)c(OC)c2C)C1. The monoisotopic (exact) mass is 292 g/mol. The number of aromatic nitrogens is 1. The fraction of sp³-hybridized carbons (Fsp3) is 0.625. The van der Waals surface area contributed by atoms with Crippen molar-refractivity contribution < 1.29 is 14.3 Å². The Morgan fingerprint density at radius 1 is 1.52 bits per heavy atom. The fourth-order valence-electron chi connectivity index (χ4n) is 2.71. The summed E-state index contributed by atoms with van der Waals surface area (Å²) in [6.07, 6.45) is 1.71. The van der Waals surface area contributed by atoms with Crippen molar-refractivity contribution in [1.82, 2.24) is 9.88 Å². The normalized spacial score (nSPS) is 19.5. The van der Waals surface area contributed by atoms with Gasteiger partial charge in [-0.05, 0) is 20.4 Å². The van der Waals surface area contributed by atoms with E-state index in [1.807, 2.05) is 13.8 Å². The van der Waals surface area contributed by atoms with Crippen LogP contribution in [0.1, 0.15) is 23.7 Å². The van der Waals surface area contributed by atoms with E-state index < -0.39 is 0 Å². The van der Waals surface area contributed by atoms with Crippen LogP contribution < -0.4 is 4.74 Å². The van der Waals surface area contributed by atoms with Gasteiger partial charge in [-0.1, -0.05) is 6.92 Å². The molecule has 0 radical (unpaired) electrons. The predicted molar refractivity (Wildman–Crippen MR) is 80.8 cm³/mol. The zero-order valence-corrected chi connectivity index (χ0v) is 13.3. The highest BCUT2D eigenvalue weighted by Gasteiger charge is 2.26. The average Bonchev–Trinajstić information content (AvgIpc) is 2.50. The van der Waals surface area contributed by atoms with Gasteiger partial charge >= 0.3 is 0 Å². The summed E-state index contributed by atoms with van der Waals surface area (Å²) in [5.74, 6) is 0.905. The van der Waals surface area contributed by atoms with Crippen LogP contribution in [0.3, 0.4) is 0 Å². The minimum Gasteiger partial charge on any atom is -0.496 e. The molecule has 1 aromatic heterocycles. The highest BCUT2D eigenvalue weighted by molar-refractivity contribution is 5.85. The quantitative estimate of drug-likeness (QED) is 0.824. The number of rotatable bonds is 5. The van der Waals surface area contributed by atoms with E-state index in [1.165, 1.54) is 0 Å². The predicted octanol–water partition coefficient (Wildman–Crippen LogP) is 1.54. The van der Waals surface area contributed by atoms with Crippen molar-refractivity contribution in [2.75, 3.05) is 33.4 Å². The van der Waals surface area contributed by atoms with Gasteiger partial charge in [-0.3, -0.25) is 14.7 Å². The molecular weight excluding hydrogens is 268 g/mol. The molecule has 1 saturated heterocycles. The Bertz CT molecular complexity index is 516. The number of ketones is 1. The second kappa shape index (κ2) is 7.00. The molecule has 5 nitrogen and oxygen atoms in total. The molecule has 2 heterocycles. The Labute approximate surface area is 126 Å². The van der Waals surface area contributed by atoms with Crippen LogP contribution in [0.2, 0.25) is 0 Å². The van der Waals surface area contributed by atoms with Crippen LogP contribution >= 0.6 is 0 Å². The molecule has 1 aromatic rings. The van der Waals surface area contributed by atoms with Crippen LogP contribution in [0.4, 0.5) is 0 Å². The van der Waals surface area contributed by atoms with Crippen molar-refractivity contribution in [3.8, 4) is 5.75 Å². The zero-order valence-electron chi connectivity index (χ0n) is 13.3. The number of likely N-dealkylation sites (N-methyl/N-ethyl adjacent to an activating group) is 1. The van der Waals surface area contributed by atoms with Crippen molar-refractivity contribution in [3.63, 3.8) is 0 Å². The number of pyridine rings is 1. The second-order valence-corrected chi connectivity index (χ2v) is 5.44. The molecule has 0 bridgehead atoms. The molecule has 1 atom stereocenters. The van der Waals surface area contributed by atoms with Gasteiger partial charge in [-0.2, -0.15) is 0 Å². The minimum atomic E-state index is -0.341. The van der Waals surface area contributed by atoms with Gasteiger partial charge < -0.3 is 9.47 Å². The molecule has 1 aliphatic rings. The first-order valence-corrected chi connectivity index (χ1v) is 7.42. The molecule has 0 aliphatic carbocycles. The third-order valence-electron chi connectivity index (χ3n) is 4.05. The first-order chi connectivity index (χ1) is 10.1. The van der Waals surface area contributed by atoms with Gasteiger partial charge in [0.05, 0.1) is 25.8 Å². The van der Waals surface area contributed by atoms with Gasteiger partial charge in [0.1, 0.15) is 11.9 Å². The number of morpholine rings is 1. The Hall–Kier alpha value is -1.46. The van der Waals surface area contributed by atoms with Gasteiger partial charge in [-0.15, -0.1) is 0 Å². The molecule has 0 saturated carbocycles. The van der Waals surface area contributed by atoms with Crippen LogP contribution in [-0.2, 0) is 16.0 Å². The second-order valence-electron chi connectivity index (χ2n) is 5.44. The summed E-state index contributed by atoms with van der Waals surface area (Å²) < 4.78 is 11.0. The van der Waals surface area contributed by atoms with E-state index in [0.29, 0.717) is 19.6 Å². The summed E-state index contributed by atoms with van der Waals surface area (Å²) in [4.78, 5) is 19.1. The third-order valence-corrected chi connectivity index (χ3v) is 4.05. The largest absolute Gasteiger partial charge is 0.496 e. The lowest BCUT2D eigenvalue weighted by atomic mass is 10.0. The molecule has 5 heteroatoms. The topological polar surface area (TPSA) is 51.7 Å². The number of Topliss-reactive ketones (excluding diaryl/α,β-unsaturated/α-hetero) is 1. The average molecular weight is 292 g/mol. The summed E-state index contributed by atoms with van der Waals surface area (Å²) in [5.41, 5.74) is 2.70. The summed E-state index contributed by atoms with van der Waals surface area (Å²) in [5, 5.41) is 0. The van der Waals surface area contributed by atoms with Crippen LogP contribution in [0.25, 0.3) is 0 Å². The van der Waals surface area contributed by atoms with Crippen LogP contribution in [0.5, 0.6) is 5.75 Å². The van der Waals surface area contributed by atoms with Gasteiger partial charge in [0, 0.05) is 30.4 Å². The van der Waals surface area contributed by atoms with Crippen molar-refractivity contribution in [2.24, 2.45) is 0 Å². The summed E-state index contributed by atoms with van der Waals surface area (Å²) in [6.45, 7) is 9.14.